The van der Waals surface area contributed by atoms with E-state index in [9.17, 15) is 9.59 Å². The van der Waals surface area contributed by atoms with E-state index >= 15 is 0 Å². The highest BCUT2D eigenvalue weighted by molar-refractivity contribution is 6.03. The van der Waals surface area contributed by atoms with Gasteiger partial charge in [-0.2, -0.15) is 0 Å². The zero-order valence-corrected chi connectivity index (χ0v) is 16.7. The molecule has 0 saturated carbocycles. The molecule has 150 valence electrons. The topological polar surface area (TPSA) is 85.9 Å². The highest BCUT2D eigenvalue weighted by Gasteiger charge is 2.24. The van der Waals surface area contributed by atoms with Crippen molar-refractivity contribution in [1.82, 2.24) is 5.43 Å². The van der Waals surface area contributed by atoms with E-state index in [4.69, 9.17) is 14.2 Å². The van der Waals surface area contributed by atoms with Gasteiger partial charge in [-0.05, 0) is 45.4 Å². The van der Waals surface area contributed by atoms with E-state index in [0.717, 1.165) is 5.56 Å². The van der Waals surface area contributed by atoms with E-state index in [0.29, 0.717) is 17.0 Å². The van der Waals surface area contributed by atoms with Crippen LogP contribution >= 0.6 is 0 Å². The fourth-order valence-corrected chi connectivity index (χ4v) is 2.57. The van der Waals surface area contributed by atoms with Crippen LogP contribution in [0.15, 0.2) is 42.5 Å². The van der Waals surface area contributed by atoms with Crippen LogP contribution < -0.4 is 15.6 Å². The highest BCUT2D eigenvalue weighted by Crippen LogP contribution is 2.37. The third kappa shape index (κ3) is 5.39. The zero-order chi connectivity index (χ0) is 20.7. The first-order valence-electron chi connectivity index (χ1n) is 9.03. The lowest BCUT2D eigenvalue weighted by molar-refractivity contribution is 0.0375. The van der Waals surface area contributed by atoms with E-state index in [1.165, 1.54) is 7.11 Å². The summed E-state index contributed by atoms with van der Waals surface area (Å²) in [7, 11) is 1.47. The van der Waals surface area contributed by atoms with Gasteiger partial charge in [0.05, 0.1) is 25.0 Å². The minimum Gasteiger partial charge on any atom is -0.496 e. The maximum absolute atomic E-state index is 12.8. The molecule has 7 heteroatoms. The van der Waals surface area contributed by atoms with Gasteiger partial charge in [-0.1, -0.05) is 30.3 Å². The van der Waals surface area contributed by atoms with Crippen LogP contribution in [0.4, 0.5) is 10.5 Å². The van der Waals surface area contributed by atoms with Gasteiger partial charge < -0.3 is 14.2 Å². The molecular formula is C21H26N2O5. The fourth-order valence-electron chi connectivity index (χ4n) is 2.57. The van der Waals surface area contributed by atoms with E-state index in [1.807, 2.05) is 30.3 Å². The lowest BCUT2D eigenvalue weighted by atomic mass is 9.99. The molecule has 0 heterocycles. The molecule has 0 aliphatic rings. The van der Waals surface area contributed by atoms with E-state index in [2.05, 4.69) is 10.9 Å². The first kappa shape index (κ1) is 21.1. The van der Waals surface area contributed by atoms with Gasteiger partial charge >= 0.3 is 12.1 Å². The largest absolute Gasteiger partial charge is 0.496 e. The minimum atomic E-state index is -0.667. The summed E-state index contributed by atoms with van der Waals surface area (Å²) < 4.78 is 15.8. The summed E-state index contributed by atoms with van der Waals surface area (Å²) in [6.07, 6.45) is -1.27. The fraction of sp³-hybridized carbons (Fsp3) is 0.333. The molecule has 2 N–H and O–H groups in total. The number of anilines is 1. The molecular weight excluding hydrogens is 360 g/mol. The maximum Gasteiger partial charge on any atom is 0.426 e. The Morgan fingerprint density at radius 2 is 1.54 bits per heavy atom. The van der Waals surface area contributed by atoms with E-state index < -0.39 is 12.1 Å². The second-order valence-corrected chi connectivity index (χ2v) is 6.59. The van der Waals surface area contributed by atoms with Gasteiger partial charge in [-0.3, -0.25) is 5.43 Å². The Morgan fingerprint density at radius 3 is 2.11 bits per heavy atom. The summed E-state index contributed by atoms with van der Waals surface area (Å²) in [5, 5.41) is 0. The molecule has 28 heavy (non-hydrogen) atoms. The Balaban J connectivity index is 2.53. The highest BCUT2D eigenvalue weighted by atomic mass is 16.6. The molecule has 0 saturated heterocycles. The average molecular weight is 386 g/mol. The molecule has 0 radical (unpaired) electrons. The molecule has 2 aromatic rings. The molecule has 0 aliphatic heterocycles. The van der Waals surface area contributed by atoms with Crippen LogP contribution in [0.1, 0.15) is 38.1 Å². The Kier molecular flexibility index (Phi) is 7.26. The Labute approximate surface area is 165 Å². The third-order valence-electron chi connectivity index (χ3n) is 3.65. The maximum atomic E-state index is 12.8. The van der Waals surface area contributed by atoms with Crippen LogP contribution in [0.25, 0.3) is 11.1 Å². The van der Waals surface area contributed by atoms with Crippen molar-refractivity contribution in [2.24, 2.45) is 0 Å². The lowest BCUT2D eigenvalue weighted by Crippen LogP contribution is -2.33. The second kappa shape index (κ2) is 9.64. The molecule has 0 spiro atoms. The van der Waals surface area contributed by atoms with E-state index in [-0.39, 0.29) is 17.8 Å². The van der Waals surface area contributed by atoms with Gasteiger partial charge in [0.2, 0.25) is 0 Å². The summed E-state index contributed by atoms with van der Waals surface area (Å²) in [5.41, 5.74) is 7.36. The van der Waals surface area contributed by atoms with Gasteiger partial charge in [0.15, 0.2) is 0 Å². The third-order valence-corrected chi connectivity index (χ3v) is 3.65. The average Bonchev–Trinajstić information content (AvgIpc) is 2.65. The predicted molar refractivity (Wildman–Crippen MR) is 107 cm³/mol. The Bertz CT molecular complexity index is 819. The first-order valence-corrected chi connectivity index (χ1v) is 9.03. The summed E-state index contributed by atoms with van der Waals surface area (Å²) in [5.74, 6) is -0.238. The van der Waals surface area contributed by atoms with Crippen LogP contribution in [0, 0.1) is 0 Å². The quantitative estimate of drug-likeness (QED) is 0.542. The number of amides is 1. The number of benzene rings is 2. The number of esters is 1. The zero-order valence-electron chi connectivity index (χ0n) is 16.7. The standard InChI is InChI=1S/C21H26N2O5/c1-13(2)27-20(24)18-17(26-5)12-11-16(15-9-7-6-8-10-15)19(18)22-23-21(25)28-14(3)4/h6-14,22H,1-5H3,(H,23,25). The number of methoxy groups -OCH3 is 1. The van der Waals surface area contributed by atoms with Crippen molar-refractivity contribution in [2.75, 3.05) is 12.5 Å². The second-order valence-electron chi connectivity index (χ2n) is 6.59. The van der Waals surface area contributed by atoms with Crippen molar-refractivity contribution in [2.45, 2.75) is 39.9 Å². The number of carbonyl (C=O) groups excluding carboxylic acids is 2. The van der Waals surface area contributed by atoms with Crippen molar-refractivity contribution < 1.29 is 23.8 Å². The molecule has 0 fully saturated rings. The summed E-state index contributed by atoms with van der Waals surface area (Å²) >= 11 is 0. The van der Waals surface area contributed by atoms with Crippen LogP contribution in [0.2, 0.25) is 0 Å². The monoisotopic (exact) mass is 386 g/mol. The number of hydrazine groups is 1. The molecule has 7 nitrogen and oxygen atoms in total. The normalized spacial score (nSPS) is 10.5. The summed E-state index contributed by atoms with van der Waals surface area (Å²) in [4.78, 5) is 24.7. The lowest BCUT2D eigenvalue weighted by Gasteiger charge is -2.20. The number of hydrogen-bond acceptors (Lipinski definition) is 6. The van der Waals surface area contributed by atoms with Gasteiger partial charge in [-0.15, -0.1) is 0 Å². The summed E-state index contributed by atoms with van der Waals surface area (Å²) in [6, 6.07) is 13.0. The smallest absolute Gasteiger partial charge is 0.426 e. The Hall–Kier alpha value is -3.22. The molecule has 0 bridgehead atoms. The van der Waals surface area contributed by atoms with Crippen LogP contribution in [0.5, 0.6) is 5.75 Å². The number of ether oxygens (including phenoxy) is 3. The van der Waals surface area contributed by atoms with Crippen molar-refractivity contribution in [3.05, 3.63) is 48.0 Å². The van der Waals surface area contributed by atoms with Crippen molar-refractivity contribution in [3.63, 3.8) is 0 Å². The van der Waals surface area contributed by atoms with Gasteiger partial charge in [0.25, 0.3) is 0 Å². The first-order chi connectivity index (χ1) is 13.3. The van der Waals surface area contributed by atoms with Crippen molar-refractivity contribution >= 4 is 17.7 Å². The summed E-state index contributed by atoms with van der Waals surface area (Å²) in [6.45, 7) is 7.01. The predicted octanol–water partition coefficient (Wildman–Crippen LogP) is 4.39. The molecule has 0 aliphatic carbocycles. The SMILES string of the molecule is COc1ccc(-c2ccccc2)c(NNC(=O)OC(C)C)c1C(=O)OC(C)C. The molecule has 0 aromatic heterocycles. The van der Waals surface area contributed by atoms with Crippen LogP contribution in [-0.4, -0.2) is 31.4 Å². The van der Waals surface area contributed by atoms with Gasteiger partial charge in [0, 0.05) is 5.56 Å². The number of nitrogens with one attached hydrogen (secondary N) is 2. The van der Waals surface area contributed by atoms with E-state index in [1.54, 1.807) is 39.8 Å². The number of hydrogen-bond donors (Lipinski definition) is 2. The van der Waals surface area contributed by atoms with Gasteiger partial charge in [-0.25, -0.2) is 15.0 Å². The molecule has 0 unspecified atom stereocenters. The van der Waals surface area contributed by atoms with Crippen molar-refractivity contribution in [1.29, 1.82) is 0 Å². The number of carbonyl (C=O) groups is 2. The van der Waals surface area contributed by atoms with Gasteiger partial charge in [0.1, 0.15) is 11.3 Å². The van der Waals surface area contributed by atoms with Crippen LogP contribution in [0.3, 0.4) is 0 Å². The minimum absolute atomic E-state index is 0.183. The van der Waals surface area contributed by atoms with Crippen LogP contribution in [-0.2, 0) is 9.47 Å². The number of rotatable bonds is 7. The molecule has 2 rings (SSSR count). The molecule has 0 atom stereocenters. The molecule has 2 aromatic carbocycles. The molecule has 1 amide bonds. The Morgan fingerprint density at radius 1 is 0.893 bits per heavy atom. The van der Waals surface area contributed by atoms with Crippen molar-refractivity contribution in [3.8, 4) is 16.9 Å².